The number of nitrogens with one attached hydrogen (secondary N) is 1. The van der Waals surface area contributed by atoms with E-state index in [0.717, 1.165) is 35.0 Å². The molecule has 2 aromatic carbocycles. The Hall–Kier alpha value is -3.01. The number of halogens is 3. The summed E-state index contributed by atoms with van der Waals surface area (Å²) in [5.74, 6) is -0.391. The van der Waals surface area contributed by atoms with E-state index in [-0.39, 0.29) is 22.6 Å². The number of hydrogen-bond donors (Lipinski definition) is 1. The number of carbonyl (C=O) groups is 1. The number of anilines is 1. The van der Waals surface area contributed by atoms with Crippen LogP contribution in [-0.2, 0) is 4.79 Å². The molecule has 0 aliphatic rings. The summed E-state index contributed by atoms with van der Waals surface area (Å²) < 4.78 is 45.7. The molecule has 0 spiro atoms. The monoisotopic (exact) mass is 409 g/mol. The van der Waals surface area contributed by atoms with Crippen LogP contribution in [0.2, 0.25) is 0 Å². The predicted molar refractivity (Wildman–Crippen MR) is 96.9 cm³/mol. The van der Waals surface area contributed by atoms with Crippen molar-refractivity contribution in [2.24, 2.45) is 0 Å². The second-order valence-electron chi connectivity index (χ2n) is 5.65. The Morgan fingerprint density at radius 3 is 2.43 bits per heavy atom. The highest BCUT2D eigenvalue weighted by molar-refractivity contribution is 7.99. The number of benzene rings is 2. The van der Waals surface area contributed by atoms with Crippen molar-refractivity contribution in [2.45, 2.75) is 18.5 Å². The largest absolute Gasteiger partial charge is 0.573 e. The molecular formula is C18H14F3N3O3S. The zero-order valence-corrected chi connectivity index (χ0v) is 15.3. The van der Waals surface area contributed by atoms with Gasteiger partial charge in [0.1, 0.15) is 5.75 Å². The normalized spacial score (nSPS) is 11.3. The summed E-state index contributed by atoms with van der Waals surface area (Å²) in [4.78, 5) is 12.0. The number of aryl methyl sites for hydroxylation is 1. The summed E-state index contributed by atoms with van der Waals surface area (Å²) in [6.07, 6.45) is -4.76. The maximum absolute atomic E-state index is 12.1. The molecule has 1 heterocycles. The fourth-order valence-corrected chi connectivity index (χ4v) is 2.71. The summed E-state index contributed by atoms with van der Waals surface area (Å²) in [5.41, 5.74) is 2.22. The molecule has 28 heavy (non-hydrogen) atoms. The van der Waals surface area contributed by atoms with Gasteiger partial charge in [0.05, 0.1) is 5.75 Å². The molecule has 1 aromatic heterocycles. The fourth-order valence-electron chi connectivity index (χ4n) is 2.15. The summed E-state index contributed by atoms with van der Waals surface area (Å²) >= 11 is 1.05. The first-order chi connectivity index (χ1) is 13.3. The molecule has 6 nitrogen and oxygen atoms in total. The molecule has 0 fully saturated rings. The van der Waals surface area contributed by atoms with E-state index < -0.39 is 6.36 Å². The number of rotatable bonds is 6. The standard InChI is InChI=1S/C18H14F3N3O3S/c1-11-2-4-12(5-3-11)16-23-24-17(26-16)28-10-15(25)22-13-6-8-14(9-7-13)27-18(19,20)21/h2-9H,10H2,1H3,(H,22,25). The van der Waals surface area contributed by atoms with Gasteiger partial charge >= 0.3 is 6.36 Å². The highest BCUT2D eigenvalue weighted by atomic mass is 32.2. The molecule has 0 atom stereocenters. The van der Waals surface area contributed by atoms with Crippen molar-refractivity contribution in [3.05, 3.63) is 54.1 Å². The van der Waals surface area contributed by atoms with Crippen LogP contribution in [0.1, 0.15) is 5.56 Å². The summed E-state index contributed by atoms with van der Waals surface area (Å²) in [5, 5.41) is 10.6. The van der Waals surface area contributed by atoms with Gasteiger partial charge in [-0.2, -0.15) is 0 Å². The van der Waals surface area contributed by atoms with E-state index in [2.05, 4.69) is 20.3 Å². The zero-order valence-electron chi connectivity index (χ0n) is 14.5. The van der Waals surface area contributed by atoms with Crippen molar-refractivity contribution in [3.8, 4) is 17.2 Å². The Kier molecular flexibility index (Phi) is 5.88. The molecule has 0 saturated heterocycles. The lowest BCUT2D eigenvalue weighted by molar-refractivity contribution is -0.274. The van der Waals surface area contributed by atoms with Crippen molar-refractivity contribution in [1.82, 2.24) is 10.2 Å². The van der Waals surface area contributed by atoms with Crippen LogP contribution in [0.25, 0.3) is 11.5 Å². The fraction of sp³-hybridized carbons (Fsp3) is 0.167. The van der Waals surface area contributed by atoms with Gasteiger partial charge in [0, 0.05) is 11.3 Å². The molecule has 0 unspecified atom stereocenters. The van der Waals surface area contributed by atoms with Crippen LogP contribution < -0.4 is 10.1 Å². The molecule has 0 radical (unpaired) electrons. The number of ether oxygens (including phenoxy) is 1. The molecule has 146 valence electrons. The first-order valence-corrected chi connectivity index (χ1v) is 8.96. The van der Waals surface area contributed by atoms with Crippen LogP contribution in [-0.4, -0.2) is 28.2 Å². The average molecular weight is 409 g/mol. The van der Waals surface area contributed by atoms with Gasteiger partial charge in [-0.05, 0) is 43.3 Å². The predicted octanol–water partition coefficient (Wildman–Crippen LogP) is 4.67. The zero-order chi connectivity index (χ0) is 20.1. The molecule has 1 amide bonds. The number of nitrogens with zero attached hydrogens (tertiary/aromatic N) is 2. The van der Waals surface area contributed by atoms with Gasteiger partial charge in [0.25, 0.3) is 5.22 Å². The molecule has 0 aliphatic heterocycles. The van der Waals surface area contributed by atoms with Crippen LogP contribution >= 0.6 is 11.8 Å². The summed E-state index contributed by atoms with van der Waals surface area (Å²) in [6, 6.07) is 12.4. The maximum Gasteiger partial charge on any atom is 0.573 e. The topological polar surface area (TPSA) is 77.2 Å². The number of alkyl halides is 3. The van der Waals surface area contributed by atoms with E-state index in [0.29, 0.717) is 11.6 Å². The van der Waals surface area contributed by atoms with Crippen molar-refractivity contribution in [2.75, 3.05) is 11.1 Å². The number of thioether (sulfide) groups is 1. The van der Waals surface area contributed by atoms with Gasteiger partial charge < -0.3 is 14.5 Å². The number of amides is 1. The third-order valence-electron chi connectivity index (χ3n) is 3.40. The van der Waals surface area contributed by atoms with E-state index in [1.54, 1.807) is 0 Å². The third kappa shape index (κ3) is 5.74. The van der Waals surface area contributed by atoms with Crippen LogP contribution in [0.15, 0.2) is 58.2 Å². The average Bonchev–Trinajstić information content (AvgIpc) is 3.10. The molecule has 0 aliphatic carbocycles. The highest BCUT2D eigenvalue weighted by Crippen LogP contribution is 2.25. The lowest BCUT2D eigenvalue weighted by atomic mass is 10.1. The third-order valence-corrected chi connectivity index (χ3v) is 4.22. The van der Waals surface area contributed by atoms with Crippen LogP contribution in [0.4, 0.5) is 18.9 Å². The molecule has 0 saturated carbocycles. The number of carbonyl (C=O) groups excluding carboxylic acids is 1. The minimum atomic E-state index is -4.76. The number of hydrogen-bond acceptors (Lipinski definition) is 6. The van der Waals surface area contributed by atoms with Gasteiger partial charge in [0.15, 0.2) is 0 Å². The van der Waals surface area contributed by atoms with Crippen LogP contribution in [0.5, 0.6) is 5.75 Å². The Labute approximate surface area is 162 Å². The van der Waals surface area contributed by atoms with E-state index in [9.17, 15) is 18.0 Å². The van der Waals surface area contributed by atoms with Gasteiger partial charge in [-0.25, -0.2) is 0 Å². The van der Waals surface area contributed by atoms with E-state index in [1.807, 2.05) is 31.2 Å². The van der Waals surface area contributed by atoms with Crippen molar-refractivity contribution < 1.29 is 27.1 Å². The molecule has 3 rings (SSSR count). The summed E-state index contributed by atoms with van der Waals surface area (Å²) in [6.45, 7) is 1.97. The summed E-state index contributed by atoms with van der Waals surface area (Å²) in [7, 11) is 0. The van der Waals surface area contributed by atoms with E-state index in [1.165, 1.54) is 12.1 Å². The Morgan fingerprint density at radius 2 is 1.79 bits per heavy atom. The molecule has 1 N–H and O–H groups in total. The van der Waals surface area contributed by atoms with Gasteiger partial charge in [-0.15, -0.1) is 23.4 Å². The molecule has 3 aromatic rings. The molecule has 10 heteroatoms. The first kappa shape index (κ1) is 19.7. The van der Waals surface area contributed by atoms with E-state index in [4.69, 9.17) is 4.42 Å². The minimum Gasteiger partial charge on any atom is -0.411 e. The lowest BCUT2D eigenvalue weighted by Gasteiger charge is -2.09. The van der Waals surface area contributed by atoms with Crippen LogP contribution in [0.3, 0.4) is 0 Å². The van der Waals surface area contributed by atoms with E-state index >= 15 is 0 Å². The minimum absolute atomic E-state index is 0.00364. The molecular weight excluding hydrogens is 395 g/mol. The van der Waals surface area contributed by atoms with Crippen molar-refractivity contribution in [3.63, 3.8) is 0 Å². The second-order valence-corrected chi connectivity index (χ2v) is 6.57. The Morgan fingerprint density at radius 1 is 1.11 bits per heavy atom. The van der Waals surface area contributed by atoms with Crippen molar-refractivity contribution in [1.29, 1.82) is 0 Å². The highest BCUT2D eigenvalue weighted by Gasteiger charge is 2.30. The SMILES string of the molecule is Cc1ccc(-c2nnc(SCC(=O)Nc3ccc(OC(F)(F)F)cc3)o2)cc1. The first-order valence-electron chi connectivity index (χ1n) is 7.97. The maximum atomic E-state index is 12.1. The smallest absolute Gasteiger partial charge is 0.411 e. The Balaban J connectivity index is 1.51. The van der Waals surface area contributed by atoms with Crippen LogP contribution in [0, 0.1) is 6.92 Å². The Bertz CT molecular complexity index is 941. The number of aromatic nitrogens is 2. The van der Waals surface area contributed by atoms with Gasteiger partial charge in [-0.1, -0.05) is 29.5 Å². The quantitative estimate of drug-likeness (QED) is 0.596. The molecule has 0 bridgehead atoms. The second kappa shape index (κ2) is 8.34. The van der Waals surface area contributed by atoms with Gasteiger partial charge in [0.2, 0.25) is 11.8 Å². The van der Waals surface area contributed by atoms with Crippen molar-refractivity contribution >= 4 is 23.4 Å². The lowest BCUT2D eigenvalue weighted by Crippen LogP contribution is -2.17. The van der Waals surface area contributed by atoms with Gasteiger partial charge in [-0.3, -0.25) is 4.79 Å².